The number of H-pyrrole nitrogens is 1. The Morgan fingerprint density at radius 1 is 1.06 bits per heavy atom. The third-order valence-corrected chi connectivity index (χ3v) is 6.15. The van der Waals surface area contributed by atoms with E-state index >= 15 is 0 Å². The summed E-state index contributed by atoms with van der Waals surface area (Å²) < 4.78 is 6.47. The van der Waals surface area contributed by atoms with Crippen LogP contribution < -0.4 is 4.74 Å². The van der Waals surface area contributed by atoms with E-state index in [2.05, 4.69) is 25.9 Å². The number of nitrogens with zero attached hydrogens (tertiary/aromatic N) is 1. The molecule has 0 atom stereocenters. The Morgan fingerprint density at radius 3 is 2.48 bits per heavy atom. The van der Waals surface area contributed by atoms with Crippen molar-refractivity contribution in [1.29, 1.82) is 0 Å². The molecule has 1 aromatic heterocycles. The van der Waals surface area contributed by atoms with Crippen LogP contribution in [0, 0.1) is 0 Å². The number of aromatic carboxylic acids is 1. The smallest absolute Gasteiger partial charge is 0.342 e. The average molecular weight is 525 g/mol. The number of halogens is 1. The lowest BCUT2D eigenvalue weighted by molar-refractivity contribution is -0.131. The summed E-state index contributed by atoms with van der Waals surface area (Å²) in [6, 6.07) is 19.2. The van der Waals surface area contributed by atoms with Gasteiger partial charge in [0.15, 0.2) is 5.16 Å². The summed E-state index contributed by atoms with van der Waals surface area (Å²) in [5.41, 5.74) is 3.33. The van der Waals surface area contributed by atoms with Gasteiger partial charge in [-0.15, -0.1) is 0 Å². The van der Waals surface area contributed by atoms with E-state index in [1.54, 1.807) is 36.4 Å². The van der Waals surface area contributed by atoms with E-state index < -0.39 is 11.9 Å². The number of rotatable bonds is 8. The number of nitrogens with one attached hydrogen (secondary N) is 1. The third kappa shape index (κ3) is 5.63. The van der Waals surface area contributed by atoms with Gasteiger partial charge in [-0.05, 0) is 81.3 Å². The van der Waals surface area contributed by atoms with Crippen LogP contribution in [0.1, 0.15) is 21.5 Å². The highest BCUT2D eigenvalue weighted by Crippen LogP contribution is 2.31. The van der Waals surface area contributed by atoms with Crippen LogP contribution in [0.5, 0.6) is 5.75 Å². The summed E-state index contributed by atoms with van der Waals surface area (Å²) in [7, 11) is 0. The Labute approximate surface area is 201 Å². The quantitative estimate of drug-likeness (QED) is 0.196. The maximum absolute atomic E-state index is 11.8. The molecular formula is C24H17BrN2O5S. The van der Waals surface area contributed by atoms with E-state index in [9.17, 15) is 14.7 Å². The van der Waals surface area contributed by atoms with Crippen molar-refractivity contribution in [3.05, 3.63) is 92.8 Å². The zero-order valence-electron chi connectivity index (χ0n) is 17.0. The van der Waals surface area contributed by atoms with Gasteiger partial charge in [0.05, 0.1) is 21.1 Å². The molecule has 0 spiro atoms. The number of benzene rings is 3. The molecule has 33 heavy (non-hydrogen) atoms. The molecule has 3 aromatic carbocycles. The first kappa shape index (κ1) is 22.6. The van der Waals surface area contributed by atoms with E-state index in [4.69, 9.17) is 9.84 Å². The van der Waals surface area contributed by atoms with Crippen LogP contribution in [-0.2, 0) is 11.4 Å². The van der Waals surface area contributed by atoms with Crippen LogP contribution >= 0.6 is 27.7 Å². The van der Waals surface area contributed by atoms with Gasteiger partial charge in [-0.25, -0.2) is 14.6 Å². The molecular weight excluding hydrogens is 508 g/mol. The number of hydrogen-bond donors (Lipinski definition) is 3. The summed E-state index contributed by atoms with van der Waals surface area (Å²) in [6.45, 7) is 0.260. The minimum atomic E-state index is -1.05. The first-order valence-electron chi connectivity index (χ1n) is 9.71. The lowest BCUT2D eigenvalue weighted by Crippen LogP contribution is -1.99. The van der Waals surface area contributed by atoms with Gasteiger partial charge in [0.25, 0.3) is 0 Å². The van der Waals surface area contributed by atoms with E-state index in [-0.39, 0.29) is 17.1 Å². The Bertz CT molecular complexity index is 1330. The SMILES string of the molecule is O=C(O)/C(=C/c1ccc(OCc2ccc(C(=O)O)cc2)c(Br)c1)Sc1nc2ccccc2[nH]1. The first-order chi connectivity index (χ1) is 15.9. The molecule has 0 saturated heterocycles. The minimum Gasteiger partial charge on any atom is -0.488 e. The number of carbonyl (C=O) groups is 2. The maximum atomic E-state index is 11.8. The number of thioether (sulfide) groups is 1. The lowest BCUT2D eigenvalue weighted by atomic mass is 10.1. The van der Waals surface area contributed by atoms with Crippen molar-refractivity contribution in [2.45, 2.75) is 11.8 Å². The van der Waals surface area contributed by atoms with Crippen molar-refractivity contribution in [3.8, 4) is 5.75 Å². The summed E-state index contributed by atoms with van der Waals surface area (Å²) in [5, 5.41) is 19.1. The van der Waals surface area contributed by atoms with Crippen LogP contribution in [0.3, 0.4) is 0 Å². The van der Waals surface area contributed by atoms with Gasteiger partial charge in [-0.1, -0.05) is 30.3 Å². The number of aromatic nitrogens is 2. The second-order valence-corrected chi connectivity index (χ2v) is 8.84. The molecule has 7 nitrogen and oxygen atoms in total. The van der Waals surface area contributed by atoms with Gasteiger partial charge < -0.3 is 19.9 Å². The number of fused-ring (bicyclic) bond motifs is 1. The van der Waals surface area contributed by atoms with Gasteiger partial charge >= 0.3 is 11.9 Å². The zero-order chi connectivity index (χ0) is 23.4. The van der Waals surface area contributed by atoms with Crippen molar-refractivity contribution >= 4 is 56.7 Å². The van der Waals surface area contributed by atoms with Crippen LogP contribution in [0.15, 0.2) is 81.3 Å². The molecule has 0 bridgehead atoms. The topological polar surface area (TPSA) is 113 Å². The summed E-state index contributed by atoms with van der Waals surface area (Å²) in [4.78, 5) is 30.4. The van der Waals surface area contributed by atoms with Crippen LogP contribution in [0.2, 0.25) is 0 Å². The summed E-state index contributed by atoms with van der Waals surface area (Å²) in [6.07, 6.45) is 1.57. The number of aliphatic carboxylic acids is 1. The van der Waals surface area contributed by atoms with Crippen molar-refractivity contribution in [2.24, 2.45) is 0 Å². The second kappa shape index (κ2) is 9.93. The first-order valence-corrected chi connectivity index (χ1v) is 11.3. The predicted octanol–water partition coefficient (Wildman–Crippen LogP) is 5.82. The van der Waals surface area contributed by atoms with E-state index in [0.29, 0.717) is 20.9 Å². The highest BCUT2D eigenvalue weighted by atomic mass is 79.9. The van der Waals surface area contributed by atoms with Crippen LogP contribution in [-0.4, -0.2) is 32.1 Å². The molecule has 0 amide bonds. The second-order valence-electron chi connectivity index (χ2n) is 6.96. The number of para-hydroxylation sites is 2. The molecule has 0 aliphatic heterocycles. The number of carboxylic acids is 2. The van der Waals surface area contributed by atoms with Gasteiger partial charge in [-0.3, -0.25) is 0 Å². The Kier molecular flexibility index (Phi) is 6.81. The number of carboxylic acid groups (broad SMARTS) is 2. The molecule has 0 aliphatic carbocycles. The van der Waals surface area contributed by atoms with Gasteiger partial charge in [-0.2, -0.15) is 0 Å². The molecule has 0 radical (unpaired) electrons. The normalized spacial score (nSPS) is 11.5. The van der Waals surface area contributed by atoms with Crippen molar-refractivity contribution < 1.29 is 24.5 Å². The Hall–Kier alpha value is -3.56. The molecule has 4 aromatic rings. The number of hydrogen-bond acceptors (Lipinski definition) is 5. The highest BCUT2D eigenvalue weighted by Gasteiger charge is 2.14. The summed E-state index contributed by atoms with van der Waals surface area (Å²) >= 11 is 4.51. The molecule has 0 saturated carbocycles. The minimum absolute atomic E-state index is 0.119. The lowest BCUT2D eigenvalue weighted by Gasteiger charge is -2.09. The van der Waals surface area contributed by atoms with Crippen molar-refractivity contribution in [3.63, 3.8) is 0 Å². The van der Waals surface area contributed by atoms with Crippen LogP contribution in [0.25, 0.3) is 17.1 Å². The molecule has 3 N–H and O–H groups in total. The molecule has 4 rings (SSSR count). The predicted molar refractivity (Wildman–Crippen MR) is 129 cm³/mol. The van der Waals surface area contributed by atoms with E-state index in [0.717, 1.165) is 28.4 Å². The fourth-order valence-corrected chi connectivity index (χ4v) is 4.30. The van der Waals surface area contributed by atoms with Crippen LogP contribution in [0.4, 0.5) is 0 Å². The average Bonchev–Trinajstić information content (AvgIpc) is 3.21. The van der Waals surface area contributed by atoms with E-state index in [1.165, 1.54) is 12.1 Å². The molecule has 9 heteroatoms. The zero-order valence-corrected chi connectivity index (χ0v) is 19.4. The number of imidazole rings is 1. The maximum Gasteiger partial charge on any atom is 0.342 e. The Morgan fingerprint density at radius 2 is 1.82 bits per heavy atom. The largest absolute Gasteiger partial charge is 0.488 e. The standard InChI is InChI=1S/C24H17BrN2O5S/c25-17-11-15(7-10-20(17)32-13-14-5-8-16(9-6-14)22(28)29)12-21(23(30)31)33-24-26-18-3-1-2-4-19(18)27-24/h1-12H,13H2,(H,26,27)(H,28,29)(H,30,31)/b21-12-. The van der Waals surface area contributed by atoms with Crippen molar-refractivity contribution in [2.75, 3.05) is 0 Å². The number of ether oxygens (including phenoxy) is 1. The van der Waals surface area contributed by atoms with Gasteiger partial charge in [0, 0.05) is 0 Å². The number of aromatic amines is 1. The molecule has 0 fully saturated rings. The van der Waals surface area contributed by atoms with E-state index in [1.807, 2.05) is 24.3 Å². The fraction of sp³-hybridized carbons (Fsp3) is 0.0417. The molecule has 1 heterocycles. The summed E-state index contributed by atoms with van der Waals surface area (Å²) in [5.74, 6) is -1.45. The molecule has 0 aliphatic rings. The fourth-order valence-electron chi connectivity index (χ4n) is 3.00. The van der Waals surface area contributed by atoms with Crippen molar-refractivity contribution in [1.82, 2.24) is 9.97 Å². The molecule has 0 unspecified atom stereocenters. The third-order valence-electron chi connectivity index (χ3n) is 4.63. The Balaban J connectivity index is 1.47. The van der Waals surface area contributed by atoms with Gasteiger partial charge in [0.1, 0.15) is 17.3 Å². The monoisotopic (exact) mass is 524 g/mol. The van der Waals surface area contributed by atoms with Gasteiger partial charge in [0.2, 0.25) is 0 Å². The highest BCUT2D eigenvalue weighted by molar-refractivity contribution is 9.10. The molecule has 166 valence electrons.